The van der Waals surface area contributed by atoms with Crippen molar-refractivity contribution in [3.63, 3.8) is 0 Å². The lowest BCUT2D eigenvalue weighted by molar-refractivity contribution is -0.137. The maximum atomic E-state index is 12.9. The average molecular weight is 573 g/mol. The molecule has 214 valence electrons. The number of aromatic nitrogens is 4. The van der Waals surface area contributed by atoms with Crippen molar-refractivity contribution in [3.8, 4) is 22.4 Å². The second kappa shape index (κ2) is 11.1. The van der Waals surface area contributed by atoms with Gasteiger partial charge in [0.15, 0.2) is 0 Å². The molecule has 2 amide bonds. The molecule has 0 atom stereocenters. The average Bonchev–Trinajstić information content (AvgIpc) is 3.41. The normalized spacial score (nSPS) is 14.2. The molecular weight excluding hydrogens is 545 g/mol. The SMILES string of the molecule is CN1CCN(c2ncc(-c3ccn4c(-c5ccc(NC(=O)Nc6cccc(C(F)(F)F)c6)cc5)cnc4c3)cn2)CC1. The standard InChI is InChI=1S/C30H27F3N8O/c1-39-11-13-40(14-12-39)28-35-17-22(18-36-28)21-9-10-41-26(19-34-27(41)15-21)20-5-7-24(8-6-20)37-29(42)38-25-4-2-3-23(16-25)30(31,32)33/h2-10,15-19H,11-14H2,1H3,(H2,37,38,42). The Labute approximate surface area is 239 Å². The highest BCUT2D eigenvalue weighted by molar-refractivity contribution is 5.99. The van der Waals surface area contributed by atoms with Crippen molar-refractivity contribution < 1.29 is 18.0 Å². The van der Waals surface area contributed by atoms with E-state index in [2.05, 4.69) is 42.4 Å². The number of hydrogen-bond donors (Lipinski definition) is 2. The number of amides is 2. The summed E-state index contributed by atoms with van der Waals surface area (Å²) in [6, 6.07) is 14.9. The summed E-state index contributed by atoms with van der Waals surface area (Å²) in [5.41, 5.74) is 4.04. The molecule has 0 radical (unpaired) electrons. The van der Waals surface area contributed by atoms with Crippen LogP contribution in [0.3, 0.4) is 0 Å². The third-order valence-corrected chi connectivity index (χ3v) is 7.16. The predicted octanol–water partition coefficient (Wildman–Crippen LogP) is 5.87. The van der Waals surface area contributed by atoms with Gasteiger partial charge in [-0.05, 0) is 55.1 Å². The molecule has 0 unspecified atom stereocenters. The van der Waals surface area contributed by atoms with Gasteiger partial charge in [-0.15, -0.1) is 0 Å². The Morgan fingerprint density at radius 1 is 0.786 bits per heavy atom. The molecule has 2 aromatic carbocycles. The number of carbonyl (C=O) groups excluding carboxylic acids is 1. The van der Waals surface area contributed by atoms with E-state index < -0.39 is 17.8 Å². The Kier molecular flexibility index (Phi) is 7.21. The number of benzene rings is 2. The van der Waals surface area contributed by atoms with Gasteiger partial charge in [0.25, 0.3) is 0 Å². The van der Waals surface area contributed by atoms with Crippen LogP contribution in [-0.4, -0.2) is 63.5 Å². The highest BCUT2D eigenvalue weighted by Gasteiger charge is 2.30. The molecule has 0 bridgehead atoms. The van der Waals surface area contributed by atoms with E-state index in [0.717, 1.165) is 72.3 Å². The van der Waals surface area contributed by atoms with E-state index in [1.807, 2.05) is 47.3 Å². The molecule has 5 aromatic rings. The topological polar surface area (TPSA) is 90.7 Å². The number of piperazine rings is 1. The van der Waals surface area contributed by atoms with Crippen molar-refractivity contribution in [1.29, 1.82) is 0 Å². The van der Waals surface area contributed by atoms with E-state index in [-0.39, 0.29) is 5.69 Å². The van der Waals surface area contributed by atoms with Gasteiger partial charge in [0.2, 0.25) is 5.95 Å². The van der Waals surface area contributed by atoms with Crippen LogP contribution in [0.2, 0.25) is 0 Å². The molecular formula is C30H27F3N8O. The van der Waals surface area contributed by atoms with Crippen LogP contribution in [0.15, 0.2) is 85.5 Å². The fourth-order valence-electron chi connectivity index (χ4n) is 4.80. The van der Waals surface area contributed by atoms with Crippen LogP contribution < -0.4 is 15.5 Å². The van der Waals surface area contributed by atoms with Crippen molar-refractivity contribution in [2.24, 2.45) is 0 Å². The Balaban J connectivity index is 1.12. The minimum Gasteiger partial charge on any atom is -0.338 e. The summed E-state index contributed by atoms with van der Waals surface area (Å²) < 4.78 is 40.8. The maximum absolute atomic E-state index is 12.9. The Morgan fingerprint density at radius 3 is 2.21 bits per heavy atom. The molecule has 12 heteroatoms. The van der Waals surface area contributed by atoms with Crippen molar-refractivity contribution in [3.05, 3.63) is 91.0 Å². The molecule has 1 aliphatic heterocycles. The van der Waals surface area contributed by atoms with Crippen LogP contribution in [-0.2, 0) is 6.18 Å². The number of likely N-dealkylation sites (N-methyl/N-ethyl adjacent to an activating group) is 1. The van der Waals surface area contributed by atoms with Gasteiger partial charge in [-0.2, -0.15) is 13.2 Å². The number of nitrogens with zero attached hydrogens (tertiary/aromatic N) is 6. The number of nitrogens with one attached hydrogen (secondary N) is 2. The molecule has 4 heterocycles. The lowest BCUT2D eigenvalue weighted by Crippen LogP contribution is -2.45. The minimum absolute atomic E-state index is 0.0431. The third kappa shape index (κ3) is 5.88. The van der Waals surface area contributed by atoms with Gasteiger partial charge >= 0.3 is 12.2 Å². The second-order valence-corrected chi connectivity index (χ2v) is 10.1. The first-order chi connectivity index (χ1) is 20.2. The van der Waals surface area contributed by atoms with E-state index in [9.17, 15) is 18.0 Å². The van der Waals surface area contributed by atoms with Crippen molar-refractivity contribution in [1.82, 2.24) is 24.3 Å². The van der Waals surface area contributed by atoms with Gasteiger partial charge in [0, 0.05) is 67.3 Å². The molecule has 0 saturated carbocycles. The number of alkyl halides is 3. The summed E-state index contributed by atoms with van der Waals surface area (Å²) in [6.45, 7) is 3.79. The first-order valence-electron chi connectivity index (χ1n) is 13.3. The van der Waals surface area contributed by atoms with Crippen molar-refractivity contribution >= 4 is 29.0 Å². The second-order valence-electron chi connectivity index (χ2n) is 10.1. The largest absolute Gasteiger partial charge is 0.416 e. The lowest BCUT2D eigenvalue weighted by atomic mass is 10.1. The van der Waals surface area contributed by atoms with Gasteiger partial charge in [0.05, 0.1) is 17.5 Å². The number of pyridine rings is 1. The highest BCUT2D eigenvalue weighted by Crippen LogP contribution is 2.31. The van der Waals surface area contributed by atoms with Crippen LogP contribution in [0, 0.1) is 0 Å². The van der Waals surface area contributed by atoms with E-state index in [1.54, 1.807) is 18.3 Å². The quantitative estimate of drug-likeness (QED) is 0.274. The third-order valence-electron chi connectivity index (χ3n) is 7.16. The van der Waals surface area contributed by atoms with Gasteiger partial charge in [0.1, 0.15) is 5.65 Å². The van der Waals surface area contributed by atoms with Gasteiger partial charge in [-0.3, -0.25) is 4.40 Å². The number of imidazole rings is 1. The molecule has 42 heavy (non-hydrogen) atoms. The lowest BCUT2D eigenvalue weighted by Gasteiger charge is -2.32. The monoisotopic (exact) mass is 572 g/mol. The zero-order chi connectivity index (χ0) is 29.3. The summed E-state index contributed by atoms with van der Waals surface area (Å²) in [4.78, 5) is 30.6. The molecule has 1 aliphatic rings. The summed E-state index contributed by atoms with van der Waals surface area (Å²) in [5.74, 6) is 0.738. The maximum Gasteiger partial charge on any atom is 0.416 e. The van der Waals surface area contributed by atoms with E-state index >= 15 is 0 Å². The molecule has 3 aromatic heterocycles. The summed E-state index contributed by atoms with van der Waals surface area (Å²) in [6.07, 6.45) is 2.90. The van der Waals surface area contributed by atoms with Crippen LogP contribution in [0.25, 0.3) is 28.0 Å². The molecule has 2 N–H and O–H groups in total. The smallest absolute Gasteiger partial charge is 0.338 e. The summed E-state index contributed by atoms with van der Waals surface area (Å²) >= 11 is 0. The highest BCUT2D eigenvalue weighted by atomic mass is 19.4. The first kappa shape index (κ1) is 27.2. The van der Waals surface area contributed by atoms with Crippen LogP contribution >= 0.6 is 0 Å². The number of halogens is 3. The van der Waals surface area contributed by atoms with E-state index in [1.165, 1.54) is 12.1 Å². The summed E-state index contributed by atoms with van der Waals surface area (Å²) in [7, 11) is 2.11. The fourth-order valence-corrected chi connectivity index (χ4v) is 4.80. The Hall–Kier alpha value is -4.97. The predicted molar refractivity (Wildman–Crippen MR) is 155 cm³/mol. The molecule has 0 spiro atoms. The molecule has 9 nitrogen and oxygen atoms in total. The molecule has 1 fully saturated rings. The van der Waals surface area contributed by atoms with Crippen LogP contribution in [0.1, 0.15) is 5.56 Å². The van der Waals surface area contributed by atoms with Crippen molar-refractivity contribution in [2.45, 2.75) is 6.18 Å². The Bertz CT molecular complexity index is 1710. The zero-order valence-electron chi connectivity index (χ0n) is 22.6. The molecule has 1 saturated heterocycles. The van der Waals surface area contributed by atoms with Gasteiger partial charge in [-0.1, -0.05) is 18.2 Å². The first-order valence-corrected chi connectivity index (χ1v) is 13.3. The number of rotatable bonds is 5. The number of anilines is 3. The number of hydrogen-bond acceptors (Lipinski definition) is 6. The number of urea groups is 1. The Morgan fingerprint density at radius 2 is 1.50 bits per heavy atom. The van der Waals surface area contributed by atoms with Crippen molar-refractivity contribution in [2.75, 3.05) is 48.8 Å². The van der Waals surface area contributed by atoms with E-state index in [4.69, 9.17) is 0 Å². The zero-order valence-corrected chi connectivity index (χ0v) is 22.6. The minimum atomic E-state index is -4.49. The van der Waals surface area contributed by atoms with E-state index in [0.29, 0.717) is 5.69 Å². The van der Waals surface area contributed by atoms with Gasteiger partial charge < -0.3 is 20.4 Å². The molecule has 0 aliphatic carbocycles. The number of fused-ring (bicyclic) bond motifs is 1. The fraction of sp³-hybridized carbons (Fsp3) is 0.200. The van der Waals surface area contributed by atoms with Gasteiger partial charge in [-0.25, -0.2) is 19.7 Å². The van der Waals surface area contributed by atoms with Crippen LogP contribution in [0.5, 0.6) is 0 Å². The van der Waals surface area contributed by atoms with Crippen LogP contribution in [0.4, 0.5) is 35.3 Å². The summed E-state index contributed by atoms with van der Waals surface area (Å²) in [5, 5.41) is 5.07. The number of carbonyl (C=O) groups is 1. The molecule has 6 rings (SSSR count).